The Morgan fingerprint density at radius 1 is 1.38 bits per heavy atom. The monoisotopic (exact) mass is 320 g/mol. The second-order valence-corrected chi connectivity index (χ2v) is 5.28. The Labute approximate surface area is 136 Å². The van der Waals surface area contributed by atoms with Gasteiger partial charge in [-0.1, -0.05) is 6.07 Å². The van der Waals surface area contributed by atoms with Crippen LogP contribution >= 0.6 is 0 Å². The van der Waals surface area contributed by atoms with Crippen LogP contribution in [-0.4, -0.2) is 20.0 Å². The number of phenolic OH excluding ortho intramolecular Hbond substituents is 1. The van der Waals surface area contributed by atoms with E-state index in [9.17, 15) is 20.5 Å². The van der Waals surface area contributed by atoms with Crippen LogP contribution in [0.4, 0.5) is 5.69 Å². The molecule has 1 heterocycles. The number of aryl methyl sites for hydroxylation is 1. The van der Waals surface area contributed by atoms with Crippen LogP contribution in [0.15, 0.2) is 36.4 Å². The quantitative estimate of drug-likeness (QED) is 0.435. The highest BCUT2D eigenvalue weighted by Crippen LogP contribution is 2.28. The lowest BCUT2D eigenvalue weighted by molar-refractivity contribution is -0.385. The molecule has 2 aromatic carbocycles. The van der Waals surface area contributed by atoms with Crippen LogP contribution in [0.3, 0.4) is 0 Å². The van der Waals surface area contributed by atoms with Crippen molar-refractivity contribution in [3.63, 3.8) is 0 Å². The zero-order valence-corrected chi connectivity index (χ0v) is 12.6. The summed E-state index contributed by atoms with van der Waals surface area (Å²) in [5, 5.41) is 30.1. The highest BCUT2D eigenvalue weighted by atomic mass is 16.6. The van der Waals surface area contributed by atoms with Crippen molar-refractivity contribution >= 4 is 28.4 Å². The van der Waals surface area contributed by atoms with Gasteiger partial charge in [0.1, 0.15) is 17.6 Å². The molecule has 0 aliphatic heterocycles. The van der Waals surface area contributed by atoms with Gasteiger partial charge in [0.15, 0.2) is 0 Å². The summed E-state index contributed by atoms with van der Waals surface area (Å²) in [6, 6.07) is 11.3. The number of nitrogens with zero attached hydrogens (tertiary/aromatic N) is 3. The number of imidazole rings is 1. The van der Waals surface area contributed by atoms with E-state index in [2.05, 4.69) is 9.97 Å². The number of hydrogen-bond donors (Lipinski definition) is 2. The highest BCUT2D eigenvalue weighted by Gasteiger charge is 2.15. The summed E-state index contributed by atoms with van der Waals surface area (Å²) < 4.78 is 0. The van der Waals surface area contributed by atoms with Crippen molar-refractivity contribution in [1.82, 2.24) is 9.97 Å². The van der Waals surface area contributed by atoms with Crippen molar-refractivity contribution in [2.45, 2.75) is 6.92 Å². The van der Waals surface area contributed by atoms with E-state index in [0.29, 0.717) is 11.3 Å². The molecule has 0 radical (unpaired) electrons. The van der Waals surface area contributed by atoms with E-state index in [1.807, 2.05) is 31.2 Å². The highest BCUT2D eigenvalue weighted by molar-refractivity contribution is 5.91. The second kappa shape index (κ2) is 5.85. The van der Waals surface area contributed by atoms with Crippen LogP contribution in [-0.2, 0) is 0 Å². The number of H-pyrrole nitrogens is 1. The Hall–Kier alpha value is -3.66. The van der Waals surface area contributed by atoms with E-state index in [1.165, 1.54) is 24.3 Å². The Bertz CT molecular complexity index is 1030. The molecule has 0 fully saturated rings. The van der Waals surface area contributed by atoms with Gasteiger partial charge in [0, 0.05) is 6.07 Å². The van der Waals surface area contributed by atoms with Crippen LogP contribution in [0.5, 0.6) is 5.75 Å². The number of phenols is 1. The number of fused-ring (bicyclic) bond motifs is 1. The average molecular weight is 320 g/mol. The number of nitrogens with one attached hydrogen (secondary N) is 1. The molecule has 0 aliphatic carbocycles. The fraction of sp³-hybridized carbons (Fsp3) is 0.0588. The van der Waals surface area contributed by atoms with Gasteiger partial charge in [-0.15, -0.1) is 0 Å². The number of allylic oxidation sites excluding steroid dienone is 1. The van der Waals surface area contributed by atoms with Gasteiger partial charge >= 0.3 is 0 Å². The van der Waals surface area contributed by atoms with Gasteiger partial charge in [-0.05, 0) is 42.8 Å². The molecule has 0 unspecified atom stereocenters. The van der Waals surface area contributed by atoms with E-state index in [-0.39, 0.29) is 22.6 Å². The van der Waals surface area contributed by atoms with Crippen molar-refractivity contribution in [2.24, 2.45) is 0 Å². The molecule has 7 heteroatoms. The van der Waals surface area contributed by atoms with Crippen LogP contribution in [0.1, 0.15) is 17.0 Å². The van der Waals surface area contributed by atoms with Gasteiger partial charge in [0.25, 0.3) is 5.69 Å². The van der Waals surface area contributed by atoms with Gasteiger partial charge in [-0.25, -0.2) is 4.98 Å². The van der Waals surface area contributed by atoms with E-state index in [1.54, 1.807) is 0 Å². The van der Waals surface area contributed by atoms with Crippen molar-refractivity contribution in [1.29, 1.82) is 5.26 Å². The maximum Gasteiger partial charge on any atom is 0.276 e. The Morgan fingerprint density at radius 3 is 2.88 bits per heavy atom. The average Bonchev–Trinajstić information content (AvgIpc) is 2.95. The third-order valence-electron chi connectivity index (χ3n) is 3.52. The second-order valence-electron chi connectivity index (χ2n) is 5.28. The Kier molecular flexibility index (Phi) is 3.72. The fourth-order valence-electron chi connectivity index (χ4n) is 2.38. The lowest BCUT2D eigenvalue weighted by Crippen LogP contribution is -1.92. The predicted molar refractivity (Wildman–Crippen MR) is 89.1 cm³/mol. The van der Waals surface area contributed by atoms with Gasteiger partial charge in [0.2, 0.25) is 0 Å². The standard InChI is InChI=1S/C17H12N4O3/c1-10-2-4-14-15(6-10)20-17(19-14)12(9-18)7-11-8-13(22)3-5-16(11)21(23)24/h2-8,22H,1H3,(H,19,20). The minimum absolute atomic E-state index is 0.121. The lowest BCUT2D eigenvalue weighted by Gasteiger charge is -2.00. The van der Waals surface area contributed by atoms with E-state index in [4.69, 9.17) is 0 Å². The summed E-state index contributed by atoms with van der Waals surface area (Å²) in [4.78, 5) is 17.9. The topological polar surface area (TPSA) is 116 Å². The van der Waals surface area contributed by atoms with Gasteiger partial charge in [0.05, 0.1) is 27.1 Å². The molecule has 24 heavy (non-hydrogen) atoms. The lowest BCUT2D eigenvalue weighted by atomic mass is 10.1. The summed E-state index contributed by atoms with van der Waals surface area (Å²) >= 11 is 0. The summed E-state index contributed by atoms with van der Waals surface area (Å²) in [5.41, 5.74) is 2.58. The smallest absolute Gasteiger partial charge is 0.276 e. The van der Waals surface area contributed by atoms with E-state index < -0.39 is 4.92 Å². The number of benzene rings is 2. The van der Waals surface area contributed by atoms with Gasteiger partial charge in [-0.2, -0.15) is 5.26 Å². The molecule has 0 aliphatic rings. The molecule has 0 bridgehead atoms. The number of hydrogen-bond acceptors (Lipinski definition) is 5. The molecule has 0 spiro atoms. The molecule has 0 saturated carbocycles. The molecule has 0 atom stereocenters. The van der Waals surface area contributed by atoms with Crippen molar-refractivity contribution in [2.75, 3.05) is 0 Å². The number of aromatic hydroxyl groups is 1. The van der Waals surface area contributed by atoms with Crippen LogP contribution in [0, 0.1) is 28.4 Å². The first-order chi connectivity index (χ1) is 11.5. The van der Waals surface area contributed by atoms with Crippen molar-refractivity contribution in [3.05, 3.63) is 63.5 Å². The summed E-state index contributed by atoms with van der Waals surface area (Å²) in [6.07, 6.45) is 1.34. The Morgan fingerprint density at radius 2 is 2.17 bits per heavy atom. The molecule has 1 aromatic heterocycles. The summed E-state index contributed by atoms with van der Waals surface area (Å²) in [7, 11) is 0. The van der Waals surface area contributed by atoms with Gasteiger partial charge in [-0.3, -0.25) is 10.1 Å². The molecule has 2 N–H and O–H groups in total. The number of nitro groups is 1. The van der Waals surface area contributed by atoms with Crippen LogP contribution in [0.2, 0.25) is 0 Å². The minimum atomic E-state index is -0.567. The van der Waals surface area contributed by atoms with Crippen molar-refractivity contribution < 1.29 is 10.0 Å². The first kappa shape index (κ1) is 15.2. The molecule has 0 saturated heterocycles. The third kappa shape index (κ3) is 2.80. The molecular weight excluding hydrogens is 308 g/mol. The van der Waals surface area contributed by atoms with Crippen molar-refractivity contribution in [3.8, 4) is 11.8 Å². The van der Waals surface area contributed by atoms with Crippen LogP contribution in [0.25, 0.3) is 22.7 Å². The first-order valence-electron chi connectivity index (χ1n) is 7.04. The number of aromatic nitrogens is 2. The van der Waals surface area contributed by atoms with Gasteiger partial charge < -0.3 is 10.1 Å². The molecule has 0 amide bonds. The maximum absolute atomic E-state index is 11.1. The largest absolute Gasteiger partial charge is 0.508 e. The number of rotatable bonds is 3. The summed E-state index contributed by atoms with van der Waals surface area (Å²) in [6.45, 7) is 1.94. The fourth-order valence-corrected chi connectivity index (χ4v) is 2.38. The summed E-state index contributed by atoms with van der Waals surface area (Å²) in [5.74, 6) is 0.195. The molecule has 3 rings (SSSR count). The predicted octanol–water partition coefficient (Wildman–Crippen LogP) is 3.55. The first-order valence-corrected chi connectivity index (χ1v) is 7.04. The SMILES string of the molecule is Cc1ccc2nc(C(C#N)=Cc3cc(O)ccc3[N+](=O)[O-])[nH]c2c1. The minimum Gasteiger partial charge on any atom is -0.508 e. The number of aromatic amines is 1. The van der Waals surface area contributed by atoms with E-state index >= 15 is 0 Å². The zero-order valence-electron chi connectivity index (χ0n) is 12.6. The maximum atomic E-state index is 11.1. The zero-order chi connectivity index (χ0) is 17.3. The van der Waals surface area contributed by atoms with Crippen LogP contribution < -0.4 is 0 Å². The molecule has 7 nitrogen and oxygen atoms in total. The normalized spacial score (nSPS) is 11.4. The molecule has 118 valence electrons. The number of nitro benzene ring substituents is 1. The third-order valence-corrected chi connectivity index (χ3v) is 3.52. The molecular formula is C17H12N4O3. The van der Waals surface area contributed by atoms with E-state index in [0.717, 1.165) is 11.1 Å². The number of nitriles is 1. The molecule has 3 aromatic rings. The Balaban J connectivity index is 2.14.